The number of fused-ring (bicyclic) bond motifs is 10. The molecular formula is C41H25NO. The van der Waals surface area contributed by atoms with Crippen LogP contribution in [0.4, 0.5) is 0 Å². The van der Waals surface area contributed by atoms with Crippen LogP contribution < -0.4 is 0 Å². The molecular weight excluding hydrogens is 522 g/mol. The maximum atomic E-state index is 6.60. The molecule has 7 aromatic carbocycles. The average molecular weight is 548 g/mol. The van der Waals surface area contributed by atoms with Gasteiger partial charge in [-0.05, 0) is 58.0 Å². The van der Waals surface area contributed by atoms with E-state index < -0.39 is 0 Å². The van der Waals surface area contributed by atoms with Crippen molar-refractivity contribution in [1.82, 2.24) is 4.98 Å². The van der Waals surface area contributed by atoms with Gasteiger partial charge < -0.3 is 4.42 Å². The number of rotatable bonds is 3. The van der Waals surface area contributed by atoms with Gasteiger partial charge in [0.25, 0.3) is 0 Å². The number of para-hydroxylation sites is 2. The van der Waals surface area contributed by atoms with Gasteiger partial charge in [-0.2, -0.15) is 0 Å². The van der Waals surface area contributed by atoms with Gasteiger partial charge in [-0.1, -0.05) is 121 Å². The topological polar surface area (TPSA) is 26.0 Å². The van der Waals surface area contributed by atoms with Crippen molar-refractivity contribution in [2.24, 2.45) is 0 Å². The quantitative estimate of drug-likeness (QED) is 0.206. The summed E-state index contributed by atoms with van der Waals surface area (Å²) in [5, 5.41) is 7.98. The Balaban J connectivity index is 1.50. The van der Waals surface area contributed by atoms with E-state index in [0.29, 0.717) is 0 Å². The summed E-state index contributed by atoms with van der Waals surface area (Å²) in [5.74, 6) is 0. The molecule has 0 atom stereocenters. The molecule has 43 heavy (non-hydrogen) atoms. The largest absolute Gasteiger partial charge is 0.455 e. The van der Waals surface area contributed by atoms with Gasteiger partial charge in [0.2, 0.25) is 0 Å². The molecule has 0 saturated carbocycles. The summed E-state index contributed by atoms with van der Waals surface area (Å²) in [7, 11) is 0. The molecule has 2 nitrogen and oxygen atoms in total. The Morgan fingerprint density at radius 1 is 0.372 bits per heavy atom. The monoisotopic (exact) mass is 547 g/mol. The van der Waals surface area contributed by atoms with Gasteiger partial charge in [-0.3, -0.25) is 0 Å². The van der Waals surface area contributed by atoms with Gasteiger partial charge in [-0.25, -0.2) is 4.98 Å². The van der Waals surface area contributed by atoms with Gasteiger partial charge in [0.05, 0.1) is 11.2 Å². The molecule has 0 aliphatic rings. The zero-order valence-electron chi connectivity index (χ0n) is 23.3. The van der Waals surface area contributed by atoms with E-state index in [-0.39, 0.29) is 0 Å². The number of aromatic nitrogens is 1. The minimum Gasteiger partial charge on any atom is -0.455 e. The second-order valence-electron chi connectivity index (χ2n) is 11.1. The molecule has 0 unspecified atom stereocenters. The molecule has 0 radical (unpaired) electrons. The van der Waals surface area contributed by atoms with Crippen LogP contribution in [0.25, 0.3) is 87.9 Å². The minimum absolute atomic E-state index is 0.898. The Labute approximate surface area is 248 Å². The molecule has 200 valence electrons. The van der Waals surface area contributed by atoms with Crippen LogP contribution in [0.1, 0.15) is 0 Å². The summed E-state index contributed by atoms with van der Waals surface area (Å²) in [4.78, 5) is 5.43. The predicted molar refractivity (Wildman–Crippen MR) is 180 cm³/mol. The first-order valence-electron chi connectivity index (χ1n) is 14.6. The van der Waals surface area contributed by atoms with Crippen molar-refractivity contribution in [2.45, 2.75) is 0 Å². The van der Waals surface area contributed by atoms with Crippen molar-refractivity contribution < 1.29 is 4.42 Å². The summed E-state index contributed by atoms with van der Waals surface area (Å²) < 4.78 is 6.60. The SMILES string of the molecule is c1ccc(-c2cc(-c3ccccc3)cc(-c3nc4ccccc4c4c3c3ccccc3c3oc5ccccc5c34)c2)cc1. The smallest absolute Gasteiger partial charge is 0.143 e. The fourth-order valence-corrected chi connectivity index (χ4v) is 6.68. The number of hydrogen-bond acceptors (Lipinski definition) is 2. The number of benzene rings is 7. The first-order valence-corrected chi connectivity index (χ1v) is 14.6. The van der Waals surface area contributed by atoms with Gasteiger partial charge in [0, 0.05) is 37.9 Å². The highest BCUT2D eigenvalue weighted by atomic mass is 16.3. The van der Waals surface area contributed by atoms with Crippen LogP contribution in [0, 0.1) is 0 Å². The zero-order valence-corrected chi connectivity index (χ0v) is 23.3. The highest BCUT2D eigenvalue weighted by Gasteiger charge is 2.22. The molecule has 0 saturated heterocycles. The number of pyridine rings is 1. The molecule has 2 aromatic heterocycles. The fraction of sp³-hybridized carbons (Fsp3) is 0. The molecule has 2 heterocycles. The third-order valence-electron chi connectivity index (χ3n) is 8.60. The molecule has 0 amide bonds. The highest BCUT2D eigenvalue weighted by Crippen LogP contribution is 2.46. The van der Waals surface area contributed by atoms with Crippen LogP contribution in [0.15, 0.2) is 156 Å². The first-order chi connectivity index (χ1) is 21.3. The van der Waals surface area contributed by atoms with E-state index >= 15 is 0 Å². The molecule has 0 aliphatic carbocycles. The molecule has 0 fully saturated rings. The van der Waals surface area contributed by atoms with E-state index in [1.54, 1.807) is 0 Å². The van der Waals surface area contributed by atoms with Gasteiger partial charge >= 0.3 is 0 Å². The lowest BCUT2D eigenvalue weighted by atomic mass is 9.89. The van der Waals surface area contributed by atoms with Crippen molar-refractivity contribution in [1.29, 1.82) is 0 Å². The van der Waals surface area contributed by atoms with E-state index in [9.17, 15) is 0 Å². The normalized spacial score (nSPS) is 11.7. The van der Waals surface area contributed by atoms with Gasteiger partial charge in [0.15, 0.2) is 0 Å². The molecule has 0 spiro atoms. The lowest BCUT2D eigenvalue weighted by Crippen LogP contribution is -1.93. The van der Waals surface area contributed by atoms with Crippen molar-refractivity contribution in [3.05, 3.63) is 152 Å². The number of nitrogens with zero attached hydrogens (tertiary/aromatic N) is 1. The predicted octanol–water partition coefficient (Wildman–Crippen LogP) is 11.4. The van der Waals surface area contributed by atoms with Gasteiger partial charge in [-0.15, -0.1) is 0 Å². The summed E-state index contributed by atoms with van der Waals surface area (Å²) >= 11 is 0. The second kappa shape index (κ2) is 9.40. The summed E-state index contributed by atoms with van der Waals surface area (Å²) in [5.41, 5.74) is 9.56. The number of hydrogen-bond donors (Lipinski definition) is 0. The Morgan fingerprint density at radius 2 is 0.907 bits per heavy atom. The Bertz CT molecular complexity index is 2430. The second-order valence-corrected chi connectivity index (χ2v) is 11.1. The maximum Gasteiger partial charge on any atom is 0.143 e. The average Bonchev–Trinajstić information content (AvgIpc) is 3.48. The van der Waals surface area contributed by atoms with E-state index in [4.69, 9.17) is 9.40 Å². The van der Waals surface area contributed by atoms with Crippen LogP contribution in [-0.4, -0.2) is 4.98 Å². The minimum atomic E-state index is 0.898. The van der Waals surface area contributed by atoms with Crippen molar-refractivity contribution in [3.8, 4) is 33.5 Å². The van der Waals surface area contributed by atoms with Crippen LogP contribution in [-0.2, 0) is 0 Å². The fourth-order valence-electron chi connectivity index (χ4n) is 6.68. The standard InChI is InChI=1S/C41H25NO/c1-3-13-26(14-4-1)28-23-29(27-15-5-2-6-16-27)25-30(24-28)40-38-31-17-7-8-18-32(31)41-39(34-20-10-12-22-36(34)43-41)37(38)33-19-9-11-21-35(33)42-40/h1-25H. The summed E-state index contributed by atoms with van der Waals surface area (Å²) in [6, 6.07) is 53.6. The molecule has 2 heteroatoms. The van der Waals surface area contributed by atoms with Crippen molar-refractivity contribution in [3.63, 3.8) is 0 Å². The third-order valence-corrected chi connectivity index (χ3v) is 8.60. The third kappa shape index (κ3) is 3.70. The lowest BCUT2D eigenvalue weighted by Gasteiger charge is -2.16. The molecule has 9 aromatic rings. The van der Waals surface area contributed by atoms with Crippen molar-refractivity contribution >= 4 is 54.4 Å². The van der Waals surface area contributed by atoms with Crippen LogP contribution in [0.2, 0.25) is 0 Å². The Hall–Kier alpha value is -5.73. The molecule has 9 rings (SSSR count). The van der Waals surface area contributed by atoms with E-state index in [1.807, 2.05) is 6.07 Å². The summed E-state index contributed by atoms with van der Waals surface area (Å²) in [6.07, 6.45) is 0. The van der Waals surface area contributed by atoms with Crippen LogP contribution in [0.5, 0.6) is 0 Å². The number of furan rings is 1. The van der Waals surface area contributed by atoms with Crippen molar-refractivity contribution in [2.75, 3.05) is 0 Å². The first kappa shape index (κ1) is 23.9. The van der Waals surface area contributed by atoms with E-state index in [2.05, 4.69) is 146 Å². The Kier molecular flexibility index (Phi) is 5.23. The highest BCUT2D eigenvalue weighted by molar-refractivity contribution is 6.37. The zero-order chi connectivity index (χ0) is 28.3. The molecule has 0 N–H and O–H groups in total. The molecule has 0 aliphatic heterocycles. The van der Waals surface area contributed by atoms with E-state index in [1.165, 1.54) is 27.6 Å². The van der Waals surface area contributed by atoms with Crippen LogP contribution >= 0.6 is 0 Å². The lowest BCUT2D eigenvalue weighted by molar-refractivity contribution is 0.673. The molecule has 0 bridgehead atoms. The van der Waals surface area contributed by atoms with E-state index in [0.717, 1.165) is 60.3 Å². The van der Waals surface area contributed by atoms with Crippen LogP contribution in [0.3, 0.4) is 0 Å². The summed E-state index contributed by atoms with van der Waals surface area (Å²) in [6.45, 7) is 0. The maximum absolute atomic E-state index is 6.60. The van der Waals surface area contributed by atoms with Gasteiger partial charge in [0.1, 0.15) is 11.2 Å². The Morgan fingerprint density at radius 3 is 1.60 bits per heavy atom.